The van der Waals surface area contributed by atoms with E-state index in [1.807, 2.05) is 29.5 Å². The van der Waals surface area contributed by atoms with Gasteiger partial charge in [-0.15, -0.1) is 0 Å². The molecule has 0 spiro atoms. The third-order valence-corrected chi connectivity index (χ3v) is 2.68. The van der Waals surface area contributed by atoms with Gasteiger partial charge >= 0.3 is 5.97 Å². The SMILES string of the molecule is CC(CO)COc1ccc(I)cc1C(=O)O. The molecule has 0 radical (unpaired) electrons. The van der Waals surface area contributed by atoms with Crippen LogP contribution in [-0.4, -0.2) is 29.4 Å². The average Bonchev–Trinajstić information content (AvgIpc) is 2.26. The topological polar surface area (TPSA) is 66.8 Å². The van der Waals surface area contributed by atoms with E-state index in [0.29, 0.717) is 12.4 Å². The van der Waals surface area contributed by atoms with Gasteiger partial charge in [-0.3, -0.25) is 0 Å². The lowest BCUT2D eigenvalue weighted by Crippen LogP contribution is -2.13. The molecule has 1 rings (SSSR count). The molecule has 4 nitrogen and oxygen atoms in total. The third-order valence-electron chi connectivity index (χ3n) is 2.01. The maximum absolute atomic E-state index is 11.0. The first-order valence-electron chi connectivity index (χ1n) is 4.81. The number of carbonyl (C=O) groups is 1. The van der Waals surface area contributed by atoms with E-state index in [1.54, 1.807) is 18.2 Å². The summed E-state index contributed by atoms with van der Waals surface area (Å²) in [6.07, 6.45) is 0. The highest BCUT2D eigenvalue weighted by molar-refractivity contribution is 14.1. The average molecular weight is 336 g/mol. The van der Waals surface area contributed by atoms with Gasteiger partial charge in [-0.05, 0) is 40.8 Å². The van der Waals surface area contributed by atoms with Crippen LogP contribution >= 0.6 is 22.6 Å². The zero-order chi connectivity index (χ0) is 12.1. The maximum atomic E-state index is 11.0. The second-order valence-electron chi connectivity index (χ2n) is 3.54. The first-order valence-corrected chi connectivity index (χ1v) is 5.89. The van der Waals surface area contributed by atoms with Crippen LogP contribution in [0.3, 0.4) is 0 Å². The standard InChI is InChI=1S/C11H13IO4/c1-7(5-13)6-16-10-3-2-8(12)4-9(10)11(14)15/h2-4,7,13H,5-6H2,1H3,(H,14,15). The summed E-state index contributed by atoms with van der Waals surface area (Å²) in [4.78, 5) is 11.0. The van der Waals surface area contributed by atoms with Gasteiger partial charge in [0.1, 0.15) is 11.3 Å². The molecule has 0 bridgehead atoms. The summed E-state index contributed by atoms with van der Waals surface area (Å²) >= 11 is 2.05. The molecule has 0 aliphatic carbocycles. The number of aliphatic hydroxyl groups excluding tert-OH is 1. The Kier molecular flexibility index (Phi) is 5.01. The number of benzene rings is 1. The zero-order valence-corrected chi connectivity index (χ0v) is 11.0. The van der Waals surface area contributed by atoms with E-state index in [-0.39, 0.29) is 18.1 Å². The molecule has 1 aromatic carbocycles. The highest BCUT2D eigenvalue weighted by Crippen LogP contribution is 2.21. The van der Waals surface area contributed by atoms with E-state index in [0.717, 1.165) is 3.57 Å². The van der Waals surface area contributed by atoms with Crippen molar-refractivity contribution < 1.29 is 19.7 Å². The maximum Gasteiger partial charge on any atom is 0.339 e. The predicted molar refractivity (Wildman–Crippen MR) is 67.9 cm³/mol. The molecule has 0 aliphatic rings. The van der Waals surface area contributed by atoms with Crippen molar-refractivity contribution in [2.75, 3.05) is 13.2 Å². The van der Waals surface area contributed by atoms with Crippen LogP contribution in [0.25, 0.3) is 0 Å². The number of aliphatic hydroxyl groups is 1. The molecule has 0 saturated heterocycles. The summed E-state index contributed by atoms with van der Waals surface area (Å²) < 4.78 is 6.21. The lowest BCUT2D eigenvalue weighted by molar-refractivity contribution is 0.0690. The number of rotatable bonds is 5. The van der Waals surface area contributed by atoms with Gasteiger partial charge < -0.3 is 14.9 Å². The third kappa shape index (κ3) is 3.64. The Balaban J connectivity index is 2.82. The van der Waals surface area contributed by atoms with Crippen molar-refractivity contribution in [3.05, 3.63) is 27.3 Å². The number of hydrogen-bond donors (Lipinski definition) is 2. The number of carboxylic acid groups (broad SMARTS) is 1. The van der Waals surface area contributed by atoms with E-state index in [9.17, 15) is 4.79 Å². The Morgan fingerprint density at radius 3 is 2.81 bits per heavy atom. The van der Waals surface area contributed by atoms with E-state index in [4.69, 9.17) is 14.9 Å². The van der Waals surface area contributed by atoms with Gasteiger partial charge in [0.05, 0.1) is 6.61 Å². The molecule has 0 heterocycles. The number of halogens is 1. The summed E-state index contributed by atoms with van der Waals surface area (Å²) in [5.41, 5.74) is 0.150. The summed E-state index contributed by atoms with van der Waals surface area (Å²) in [5, 5.41) is 17.8. The van der Waals surface area contributed by atoms with E-state index < -0.39 is 5.97 Å². The van der Waals surface area contributed by atoms with Gasteiger partial charge in [0.15, 0.2) is 0 Å². The molecular formula is C11H13IO4. The van der Waals surface area contributed by atoms with Crippen LogP contribution in [0.15, 0.2) is 18.2 Å². The molecule has 0 fully saturated rings. The van der Waals surface area contributed by atoms with Gasteiger partial charge in [0.25, 0.3) is 0 Å². The van der Waals surface area contributed by atoms with E-state index in [2.05, 4.69) is 0 Å². The van der Waals surface area contributed by atoms with E-state index in [1.165, 1.54) is 0 Å². The fourth-order valence-corrected chi connectivity index (χ4v) is 1.57. The molecule has 2 N–H and O–H groups in total. The number of carboxylic acids is 1. The van der Waals surface area contributed by atoms with Gasteiger partial charge in [-0.1, -0.05) is 6.92 Å². The summed E-state index contributed by atoms with van der Waals surface area (Å²) in [6.45, 7) is 2.15. The van der Waals surface area contributed by atoms with Gasteiger partial charge in [-0.2, -0.15) is 0 Å². The Labute approximate surface area is 107 Å². The molecule has 5 heteroatoms. The summed E-state index contributed by atoms with van der Waals surface area (Å²) in [6, 6.07) is 4.98. The second kappa shape index (κ2) is 6.05. The number of hydrogen-bond acceptors (Lipinski definition) is 3. The lowest BCUT2D eigenvalue weighted by Gasteiger charge is -2.12. The van der Waals surface area contributed by atoms with E-state index >= 15 is 0 Å². The smallest absolute Gasteiger partial charge is 0.339 e. The minimum absolute atomic E-state index is 0.0130. The Bertz CT molecular complexity index is 378. The molecule has 1 aromatic rings. The highest BCUT2D eigenvalue weighted by Gasteiger charge is 2.12. The lowest BCUT2D eigenvalue weighted by atomic mass is 10.2. The van der Waals surface area contributed by atoms with Crippen LogP contribution in [0.2, 0.25) is 0 Å². The Morgan fingerprint density at radius 2 is 2.25 bits per heavy atom. The van der Waals surface area contributed by atoms with Crippen LogP contribution < -0.4 is 4.74 Å². The van der Waals surface area contributed by atoms with Crippen molar-refractivity contribution in [1.29, 1.82) is 0 Å². The van der Waals surface area contributed by atoms with Crippen molar-refractivity contribution in [2.45, 2.75) is 6.92 Å². The van der Waals surface area contributed by atoms with Crippen molar-refractivity contribution in [2.24, 2.45) is 5.92 Å². The zero-order valence-electron chi connectivity index (χ0n) is 8.81. The van der Waals surface area contributed by atoms with Crippen LogP contribution in [-0.2, 0) is 0 Å². The quantitative estimate of drug-likeness (QED) is 0.807. The molecule has 16 heavy (non-hydrogen) atoms. The first kappa shape index (κ1) is 13.2. The van der Waals surface area contributed by atoms with Gasteiger partial charge in [-0.25, -0.2) is 4.79 Å². The highest BCUT2D eigenvalue weighted by atomic mass is 127. The number of ether oxygens (including phenoxy) is 1. The summed E-state index contributed by atoms with van der Waals surface area (Å²) in [5.74, 6) is -0.681. The predicted octanol–water partition coefficient (Wildman–Crippen LogP) is 2.00. The molecule has 0 aliphatic heterocycles. The minimum atomic E-state index is -1.01. The fourth-order valence-electron chi connectivity index (χ4n) is 1.08. The molecule has 0 amide bonds. The van der Waals surface area contributed by atoms with Crippen molar-refractivity contribution in [3.63, 3.8) is 0 Å². The molecule has 1 unspecified atom stereocenters. The number of aromatic carboxylic acids is 1. The Hall–Kier alpha value is -0.820. The van der Waals surface area contributed by atoms with Gasteiger partial charge in [0.2, 0.25) is 0 Å². The molecule has 88 valence electrons. The largest absolute Gasteiger partial charge is 0.492 e. The second-order valence-corrected chi connectivity index (χ2v) is 4.79. The molecule has 1 atom stereocenters. The van der Waals surface area contributed by atoms with Crippen LogP contribution in [0.5, 0.6) is 5.75 Å². The van der Waals surface area contributed by atoms with Crippen LogP contribution in [0.1, 0.15) is 17.3 Å². The fraction of sp³-hybridized carbons (Fsp3) is 0.364. The molecule has 0 saturated carbocycles. The molecular weight excluding hydrogens is 323 g/mol. The van der Waals surface area contributed by atoms with Crippen LogP contribution in [0, 0.1) is 9.49 Å². The Morgan fingerprint density at radius 1 is 1.56 bits per heavy atom. The first-order chi connectivity index (χ1) is 7.54. The normalized spacial score (nSPS) is 12.2. The van der Waals surface area contributed by atoms with Crippen molar-refractivity contribution in [3.8, 4) is 5.75 Å². The monoisotopic (exact) mass is 336 g/mol. The van der Waals surface area contributed by atoms with Crippen LogP contribution in [0.4, 0.5) is 0 Å². The minimum Gasteiger partial charge on any atom is -0.492 e. The van der Waals surface area contributed by atoms with Gasteiger partial charge in [0, 0.05) is 16.1 Å². The molecule has 0 aromatic heterocycles. The van der Waals surface area contributed by atoms with Crippen molar-refractivity contribution >= 4 is 28.6 Å². The summed E-state index contributed by atoms with van der Waals surface area (Å²) in [7, 11) is 0. The van der Waals surface area contributed by atoms with Crippen molar-refractivity contribution in [1.82, 2.24) is 0 Å².